The summed E-state index contributed by atoms with van der Waals surface area (Å²) in [5.74, 6) is -0.767. The second kappa shape index (κ2) is 3.45. The van der Waals surface area contributed by atoms with E-state index < -0.39 is 5.91 Å². The van der Waals surface area contributed by atoms with Gasteiger partial charge in [0.2, 0.25) is 0 Å². The Morgan fingerprint density at radius 2 is 2.15 bits per heavy atom. The van der Waals surface area contributed by atoms with Crippen molar-refractivity contribution in [1.82, 2.24) is 0 Å². The number of amides is 1. The summed E-state index contributed by atoms with van der Waals surface area (Å²) in [6, 6.07) is 4.40. The number of primary amides is 1. The van der Waals surface area contributed by atoms with E-state index in [0.717, 1.165) is 5.56 Å². The van der Waals surface area contributed by atoms with Crippen LogP contribution >= 0.6 is 0 Å². The molecule has 0 unspecified atom stereocenters. The van der Waals surface area contributed by atoms with E-state index in [1.807, 2.05) is 0 Å². The molecule has 0 aliphatic carbocycles. The number of benzene rings is 1. The van der Waals surface area contributed by atoms with Crippen molar-refractivity contribution in [3.05, 3.63) is 29.3 Å². The molecule has 13 heavy (non-hydrogen) atoms. The Morgan fingerprint density at radius 3 is 2.62 bits per heavy atom. The van der Waals surface area contributed by atoms with Crippen molar-refractivity contribution in [2.24, 2.45) is 11.5 Å². The van der Waals surface area contributed by atoms with Gasteiger partial charge in [0.15, 0.2) is 0 Å². The zero-order chi connectivity index (χ0) is 10.0. The Kier molecular flexibility index (Phi) is 2.53. The molecule has 70 valence electrons. The second-order valence-electron chi connectivity index (χ2n) is 2.93. The van der Waals surface area contributed by atoms with E-state index in [-0.39, 0.29) is 17.4 Å². The highest BCUT2D eigenvalue weighted by atomic mass is 16.3. The van der Waals surface area contributed by atoms with Gasteiger partial charge in [-0.3, -0.25) is 4.79 Å². The number of aromatic hydroxyl groups is 1. The van der Waals surface area contributed by atoms with Crippen LogP contribution in [0.1, 0.15) is 28.9 Å². The van der Waals surface area contributed by atoms with E-state index in [9.17, 15) is 9.90 Å². The molecule has 1 aromatic rings. The number of carbonyl (C=O) groups is 1. The van der Waals surface area contributed by atoms with Gasteiger partial charge in [-0.1, -0.05) is 6.07 Å². The number of hydrogen-bond acceptors (Lipinski definition) is 3. The van der Waals surface area contributed by atoms with Gasteiger partial charge < -0.3 is 16.6 Å². The minimum Gasteiger partial charge on any atom is -0.507 e. The Morgan fingerprint density at radius 1 is 1.54 bits per heavy atom. The molecule has 0 aliphatic heterocycles. The second-order valence-corrected chi connectivity index (χ2v) is 2.93. The van der Waals surface area contributed by atoms with Crippen LogP contribution in [0.25, 0.3) is 0 Å². The molecule has 0 saturated carbocycles. The van der Waals surface area contributed by atoms with E-state index in [4.69, 9.17) is 11.5 Å². The van der Waals surface area contributed by atoms with Crippen molar-refractivity contribution >= 4 is 5.91 Å². The van der Waals surface area contributed by atoms with Crippen LogP contribution in [0.5, 0.6) is 5.75 Å². The maximum Gasteiger partial charge on any atom is 0.252 e. The lowest BCUT2D eigenvalue weighted by Gasteiger charge is -2.07. The normalized spacial score (nSPS) is 12.5. The summed E-state index contributed by atoms with van der Waals surface area (Å²) in [5, 5.41) is 9.25. The van der Waals surface area contributed by atoms with Gasteiger partial charge in [-0.2, -0.15) is 0 Å². The fourth-order valence-corrected chi connectivity index (χ4v) is 1.03. The van der Waals surface area contributed by atoms with Crippen LogP contribution in [-0.4, -0.2) is 11.0 Å². The standard InChI is InChI=1S/C9H12N2O2/c1-5(10)6-2-3-8(12)7(4-6)9(11)13/h2-5,12H,10H2,1H3,(H2,11,13)/t5-/m0/s1. The van der Waals surface area contributed by atoms with Crippen molar-refractivity contribution in [2.75, 3.05) is 0 Å². The summed E-state index contributed by atoms with van der Waals surface area (Å²) in [5.41, 5.74) is 11.5. The number of rotatable bonds is 2. The molecule has 1 aromatic carbocycles. The van der Waals surface area contributed by atoms with Crippen molar-refractivity contribution in [3.63, 3.8) is 0 Å². The molecular weight excluding hydrogens is 168 g/mol. The molecule has 0 heterocycles. The third kappa shape index (κ3) is 1.97. The highest BCUT2D eigenvalue weighted by molar-refractivity contribution is 5.95. The zero-order valence-corrected chi connectivity index (χ0v) is 7.32. The van der Waals surface area contributed by atoms with E-state index in [2.05, 4.69) is 0 Å². The predicted octanol–water partition coefficient (Wildman–Crippen LogP) is 0.511. The largest absolute Gasteiger partial charge is 0.507 e. The summed E-state index contributed by atoms with van der Waals surface area (Å²) in [6.07, 6.45) is 0. The summed E-state index contributed by atoms with van der Waals surface area (Å²) >= 11 is 0. The zero-order valence-electron chi connectivity index (χ0n) is 7.32. The van der Waals surface area contributed by atoms with Gasteiger partial charge in [0.05, 0.1) is 5.56 Å². The molecule has 0 aromatic heterocycles. The van der Waals surface area contributed by atoms with Crippen LogP contribution in [0.15, 0.2) is 18.2 Å². The van der Waals surface area contributed by atoms with Gasteiger partial charge in [-0.25, -0.2) is 0 Å². The summed E-state index contributed by atoms with van der Waals surface area (Å²) < 4.78 is 0. The lowest BCUT2D eigenvalue weighted by molar-refractivity contribution is 0.0997. The first kappa shape index (κ1) is 9.54. The molecule has 4 heteroatoms. The molecule has 1 rings (SSSR count). The van der Waals surface area contributed by atoms with E-state index in [1.54, 1.807) is 13.0 Å². The van der Waals surface area contributed by atoms with E-state index in [0.29, 0.717) is 0 Å². The average Bonchev–Trinajstić information content (AvgIpc) is 2.04. The van der Waals surface area contributed by atoms with Crippen molar-refractivity contribution in [2.45, 2.75) is 13.0 Å². The maximum atomic E-state index is 10.8. The van der Waals surface area contributed by atoms with Crippen LogP contribution in [0.4, 0.5) is 0 Å². The summed E-state index contributed by atoms with van der Waals surface area (Å²) in [4.78, 5) is 10.8. The smallest absolute Gasteiger partial charge is 0.252 e. The maximum absolute atomic E-state index is 10.8. The van der Waals surface area contributed by atoms with Crippen LogP contribution in [0.2, 0.25) is 0 Å². The third-order valence-corrected chi connectivity index (χ3v) is 1.81. The minimum atomic E-state index is -0.653. The Bertz CT molecular complexity index is 334. The molecule has 0 aliphatic rings. The van der Waals surface area contributed by atoms with Gasteiger partial charge in [0.1, 0.15) is 5.75 Å². The molecule has 1 atom stereocenters. The van der Waals surface area contributed by atoms with Gasteiger partial charge >= 0.3 is 0 Å². The molecule has 4 nitrogen and oxygen atoms in total. The van der Waals surface area contributed by atoms with Gasteiger partial charge in [0, 0.05) is 6.04 Å². The minimum absolute atomic E-state index is 0.106. The Labute approximate surface area is 76.2 Å². The molecule has 1 amide bonds. The fraction of sp³-hybridized carbons (Fsp3) is 0.222. The van der Waals surface area contributed by atoms with Crippen LogP contribution in [0.3, 0.4) is 0 Å². The molecule has 0 spiro atoms. The number of carbonyl (C=O) groups excluding carboxylic acids is 1. The highest BCUT2D eigenvalue weighted by Crippen LogP contribution is 2.20. The average molecular weight is 180 g/mol. The van der Waals surface area contributed by atoms with E-state index >= 15 is 0 Å². The van der Waals surface area contributed by atoms with Crippen LogP contribution < -0.4 is 11.5 Å². The number of nitrogens with two attached hydrogens (primary N) is 2. The summed E-state index contributed by atoms with van der Waals surface area (Å²) in [7, 11) is 0. The quantitative estimate of drug-likeness (QED) is 0.619. The van der Waals surface area contributed by atoms with Crippen molar-refractivity contribution in [1.29, 1.82) is 0 Å². The van der Waals surface area contributed by atoms with Crippen LogP contribution in [0, 0.1) is 0 Å². The SMILES string of the molecule is C[C@H](N)c1ccc(O)c(C(N)=O)c1. The molecule has 0 radical (unpaired) electrons. The lowest BCUT2D eigenvalue weighted by Crippen LogP contribution is -2.13. The Balaban J connectivity index is 3.19. The van der Waals surface area contributed by atoms with Crippen LogP contribution in [-0.2, 0) is 0 Å². The third-order valence-electron chi connectivity index (χ3n) is 1.81. The topological polar surface area (TPSA) is 89.3 Å². The predicted molar refractivity (Wildman–Crippen MR) is 49.2 cm³/mol. The van der Waals surface area contributed by atoms with Gasteiger partial charge in [0.25, 0.3) is 5.91 Å². The van der Waals surface area contributed by atoms with Crippen molar-refractivity contribution in [3.8, 4) is 5.75 Å². The summed E-state index contributed by atoms with van der Waals surface area (Å²) in [6.45, 7) is 1.79. The fourth-order valence-electron chi connectivity index (χ4n) is 1.03. The molecule has 0 bridgehead atoms. The van der Waals surface area contributed by atoms with E-state index in [1.165, 1.54) is 12.1 Å². The van der Waals surface area contributed by atoms with Gasteiger partial charge in [-0.15, -0.1) is 0 Å². The molecule has 5 N–H and O–H groups in total. The first-order valence-electron chi connectivity index (χ1n) is 3.90. The monoisotopic (exact) mass is 180 g/mol. The van der Waals surface area contributed by atoms with Gasteiger partial charge in [-0.05, 0) is 24.6 Å². The highest BCUT2D eigenvalue weighted by Gasteiger charge is 2.09. The molecular formula is C9H12N2O2. The molecule has 0 saturated heterocycles. The first-order valence-corrected chi connectivity index (χ1v) is 3.90. The first-order chi connectivity index (χ1) is 6.02. The number of hydrogen-bond donors (Lipinski definition) is 3. The Hall–Kier alpha value is -1.55. The molecule has 0 fully saturated rings. The van der Waals surface area contributed by atoms with Crippen molar-refractivity contribution < 1.29 is 9.90 Å². The number of phenols is 1. The lowest BCUT2D eigenvalue weighted by atomic mass is 10.0.